The molecule has 3 rings (SSSR count). The summed E-state index contributed by atoms with van der Waals surface area (Å²) in [5.74, 6) is 0.00760. The SMILES string of the molecule is CCN(Cc1ccccc1)Cc1ccc(NC(=O)Cc2ccccc2)cc1. The maximum atomic E-state index is 12.2. The molecule has 0 saturated heterocycles. The van der Waals surface area contributed by atoms with Gasteiger partial charge in [0.25, 0.3) is 0 Å². The van der Waals surface area contributed by atoms with E-state index in [1.807, 2.05) is 48.5 Å². The molecule has 0 aliphatic carbocycles. The highest BCUT2D eigenvalue weighted by Crippen LogP contribution is 2.14. The van der Waals surface area contributed by atoms with E-state index in [0.29, 0.717) is 6.42 Å². The first-order valence-corrected chi connectivity index (χ1v) is 9.42. The molecule has 27 heavy (non-hydrogen) atoms. The van der Waals surface area contributed by atoms with Gasteiger partial charge in [0.15, 0.2) is 0 Å². The Morgan fingerprint density at radius 2 is 1.26 bits per heavy atom. The zero-order valence-corrected chi connectivity index (χ0v) is 15.8. The van der Waals surface area contributed by atoms with Gasteiger partial charge in [-0.1, -0.05) is 79.7 Å². The van der Waals surface area contributed by atoms with E-state index in [2.05, 4.69) is 53.5 Å². The van der Waals surface area contributed by atoms with Crippen molar-refractivity contribution < 1.29 is 4.79 Å². The summed E-state index contributed by atoms with van der Waals surface area (Å²) in [6.45, 7) is 5.00. The molecule has 1 amide bonds. The van der Waals surface area contributed by atoms with E-state index >= 15 is 0 Å². The van der Waals surface area contributed by atoms with Gasteiger partial charge in [0.05, 0.1) is 6.42 Å². The summed E-state index contributed by atoms with van der Waals surface area (Å²) >= 11 is 0. The van der Waals surface area contributed by atoms with Crippen molar-refractivity contribution in [3.8, 4) is 0 Å². The molecule has 0 aliphatic rings. The van der Waals surface area contributed by atoms with E-state index in [0.717, 1.165) is 30.9 Å². The molecule has 0 heterocycles. The lowest BCUT2D eigenvalue weighted by atomic mass is 10.1. The van der Waals surface area contributed by atoms with Crippen LogP contribution in [0.1, 0.15) is 23.6 Å². The monoisotopic (exact) mass is 358 g/mol. The Hall–Kier alpha value is -2.91. The number of nitrogens with zero attached hydrogens (tertiary/aromatic N) is 1. The number of hydrogen-bond acceptors (Lipinski definition) is 2. The Bertz CT molecular complexity index is 829. The zero-order chi connectivity index (χ0) is 18.9. The van der Waals surface area contributed by atoms with Crippen LogP contribution in [0.3, 0.4) is 0 Å². The first-order chi connectivity index (χ1) is 13.2. The summed E-state index contributed by atoms with van der Waals surface area (Å²) < 4.78 is 0. The minimum atomic E-state index is 0.00760. The van der Waals surface area contributed by atoms with Gasteiger partial charge in [0.2, 0.25) is 5.91 Å². The average molecular weight is 358 g/mol. The Kier molecular flexibility index (Phi) is 6.78. The van der Waals surface area contributed by atoms with E-state index in [4.69, 9.17) is 0 Å². The van der Waals surface area contributed by atoms with Crippen molar-refractivity contribution in [3.05, 3.63) is 102 Å². The van der Waals surface area contributed by atoms with Crippen LogP contribution in [-0.4, -0.2) is 17.4 Å². The van der Waals surface area contributed by atoms with Gasteiger partial charge in [-0.3, -0.25) is 9.69 Å². The van der Waals surface area contributed by atoms with Crippen LogP contribution in [0.5, 0.6) is 0 Å². The third-order valence-corrected chi connectivity index (χ3v) is 4.55. The van der Waals surface area contributed by atoms with E-state index in [9.17, 15) is 4.79 Å². The van der Waals surface area contributed by atoms with Crippen molar-refractivity contribution in [1.29, 1.82) is 0 Å². The molecule has 3 nitrogen and oxygen atoms in total. The van der Waals surface area contributed by atoms with Gasteiger partial charge in [0.1, 0.15) is 0 Å². The summed E-state index contributed by atoms with van der Waals surface area (Å²) in [5.41, 5.74) is 4.43. The molecule has 0 unspecified atom stereocenters. The van der Waals surface area contributed by atoms with Crippen LogP contribution < -0.4 is 5.32 Å². The molecular formula is C24H26N2O. The number of nitrogens with one attached hydrogen (secondary N) is 1. The molecule has 3 aromatic carbocycles. The molecule has 0 atom stereocenters. The molecule has 0 saturated carbocycles. The quantitative estimate of drug-likeness (QED) is 0.622. The fraction of sp³-hybridized carbons (Fsp3) is 0.208. The molecule has 3 aromatic rings. The average Bonchev–Trinajstić information content (AvgIpc) is 2.70. The number of benzene rings is 3. The minimum Gasteiger partial charge on any atom is -0.326 e. The van der Waals surface area contributed by atoms with Gasteiger partial charge in [-0.25, -0.2) is 0 Å². The van der Waals surface area contributed by atoms with E-state index in [-0.39, 0.29) is 5.91 Å². The predicted octanol–water partition coefficient (Wildman–Crippen LogP) is 4.89. The first-order valence-electron chi connectivity index (χ1n) is 9.42. The first kappa shape index (κ1) is 18.9. The van der Waals surface area contributed by atoms with Gasteiger partial charge in [-0.2, -0.15) is 0 Å². The van der Waals surface area contributed by atoms with Crippen LogP contribution in [0.25, 0.3) is 0 Å². The lowest BCUT2D eigenvalue weighted by Gasteiger charge is -2.20. The fourth-order valence-corrected chi connectivity index (χ4v) is 3.06. The number of rotatable bonds is 8. The van der Waals surface area contributed by atoms with Crippen molar-refractivity contribution in [3.63, 3.8) is 0 Å². The number of hydrogen-bond donors (Lipinski definition) is 1. The van der Waals surface area contributed by atoms with Gasteiger partial charge in [0, 0.05) is 18.8 Å². The maximum Gasteiger partial charge on any atom is 0.228 e. The molecule has 0 fully saturated rings. The standard InChI is InChI=1S/C24H26N2O/c1-2-26(18-21-11-7-4-8-12-21)19-22-13-15-23(16-14-22)25-24(27)17-20-9-5-3-6-10-20/h3-16H,2,17-19H2,1H3,(H,25,27). The molecule has 138 valence electrons. The van der Waals surface area contributed by atoms with Crippen molar-refractivity contribution in [2.24, 2.45) is 0 Å². The third kappa shape index (κ3) is 6.08. The molecule has 0 radical (unpaired) electrons. The molecular weight excluding hydrogens is 332 g/mol. The van der Waals surface area contributed by atoms with Crippen molar-refractivity contribution >= 4 is 11.6 Å². The third-order valence-electron chi connectivity index (χ3n) is 4.55. The summed E-state index contributed by atoms with van der Waals surface area (Å²) in [7, 11) is 0. The second-order valence-electron chi connectivity index (χ2n) is 6.70. The Labute approximate surface area is 161 Å². The summed E-state index contributed by atoms with van der Waals surface area (Å²) in [5, 5.41) is 2.97. The fourth-order valence-electron chi connectivity index (χ4n) is 3.06. The van der Waals surface area contributed by atoms with Crippen LogP contribution in [0.2, 0.25) is 0 Å². The lowest BCUT2D eigenvalue weighted by Crippen LogP contribution is -2.22. The topological polar surface area (TPSA) is 32.3 Å². The highest BCUT2D eigenvalue weighted by molar-refractivity contribution is 5.92. The van der Waals surface area contributed by atoms with Crippen LogP contribution in [0.4, 0.5) is 5.69 Å². The second-order valence-corrected chi connectivity index (χ2v) is 6.70. The largest absolute Gasteiger partial charge is 0.326 e. The molecule has 0 spiro atoms. The van der Waals surface area contributed by atoms with Crippen LogP contribution >= 0.6 is 0 Å². The van der Waals surface area contributed by atoms with Crippen LogP contribution in [-0.2, 0) is 24.3 Å². The predicted molar refractivity (Wildman–Crippen MR) is 111 cm³/mol. The molecule has 0 bridgehead atoms. The zero-order valence-electron chi connectivity index (χ0n) is 15.8. The minimum absolute atomic E-state index is 0.00760. The normalized spacial score (nSPS) is 10.7. The number of anilines is 1. The Morgan fingerprint density at radius 1 is 0.741 bits per heavy atom. The van der Waals surface area contributed by atoms with E-state index in [1.54, 1.807) is 0 Å². The van der Waals surface area contributed by atoms with Gasteiger partial charge >= 0.3 is 0 Å². The summed E-state index contributed by atoms with van der Waals surface area (Å²) in [6, 6.07) is 28.5. The van der Waals surface area contributed by atoms with Gasteiger partial charge in [-0.15, -0.1) is 0 Å². The molecule has 1 N–H and O–H groups in total. The van der Waals surface area contributed by atoms with E-state index in [1.165, 1.54) is 11.1 Å². The smallest absolute Gasteiger partial charge is 0.228 e. The number of amides is 1. The second kappa shape index (κ2) is 9.70. The summed E-state index contributed by atoms with van der Waals surface area (Å²) in [4.78, 5) is 14.6. The van der Waals surface area contributed by atoms with Crippen LogP contribution in [0.15, 0.2) is 84.9 Å². The van der Waals surface area contributed by atoms with E-state index < -0.39 is 0 Å². The Balaban J connectivity index is 1.54. The van der Waals surface area contributed by atoms with Crippen molar-refractivity contribution in [2.45, 2.75) is 26.4 Å². The van der Waals surface area contributed by atoms with Crippen molar-refractivity contribution in [1.82, 2.24) is 4.90 Å². The van der Waals surface area contributed by atoms with Crippen LogP contribution in [0, 0.1) is 0 Å². The Morgan fingerprint density at radius 3 is 1.81 bits per heavy atom. The lowest BCUT2D eigenvalue weighted by molar-refractivity contribution is -0.115. The molecule has 0 aliphatic heterocycles. The van der Waals surface area contributed by atoms with Gasteiger partial charge in [-0.05, 0) is 35.4 Å². The highest BCUT2D eigenvalue weighted by atomic mass is 16.1. The van der Waals surface area contributed by atoms with Gasteiger partial charge < -0.3 is 5.32 Å². The number of carbonyl (C=O) groups excluding carboxylic acids is 1. The highest BCUT2D eigenvalue weighted by Gasteiger charge is 2.07. The maximum absolute atomic E-state index is 12.2. The van der Waals surface area contributed by atoms with Crippen molar-refractivity contribution in [2.75, 3.05) is 11.9 Å². The molecule has 0 aromatic heterocycles. The molecule has 3 heteroatoms. The number of carbonyl (C=O) groups is 1. The summed E-state index contributed by atoms with van der Waals surface area (Å²) in [6.07, 6.45) is 0.392.